The average molecular weight is 319 g/mol. The number of nitrogens with zero attached hydrogens (tertiary/aromatic N) is 2. The molecule has 20 heavy (non-hydrogen) atoms. The number of aromatic nitrogens is 2. The number of imidazole rings is 1. The number of benzene rings is 1. The van der Waals surface area contributed by atoms with Gasteiger partial charge in [-0.05, 0) is 32.2 Å². The molecule has 1 aromatic carbocycles. The third kappa shape index (κ3) is 2.93. The molecule has 1 heterocycles. The highest BCUT2D eigenvalue weighted by Crippen LogP contribution is 2.29. The van der Waals surface area contributed by atoms with E-state index in [1.807, 2.05) is 6.26 Å². The van der Waals surface area contributed by atoms with Gasteiger partial charge in [-0.15, -0.1) is 11.6 Å². The lowest BCUT2D eigenvalue weighted by atomic mass is 10.2. The quantitative estimate of drug-likeness (QED) is 0.767. The standard InChI is InChI=1S/C14H17ClF2N2S/c1-14(2,20-3)8-19-11(6-7-15)18-10-5-4-9(16)12(17)13(10)19/h4-5H,6-8H2,1-3H3. The number of hydrogen-bond donors (Lipinski definition) is 0. The van der Waals surface area contributed by atoms with E-state index >= 15 is 0 Å². The van der Waals surface area contributed by atoms with E-state index in [0.717, 1.165) is 6.07 Å². The third-order valence-corrected chi connectivity index (χ3v) is 4.71. The first-order valence-electron chi connectivity index (χ1n) is 6.34. The van der Waals surface area contributed by atoms with Crippen LogP contribution in [0.3, 0.4) is 0 Å². The maximum absolute atomic E-state index is 14.1. The number of halogens is 3. The predicted octanol–water partition coefficient (Wildman–Crippen LogP) is 4.24. The van der Waals surface area contributed by atoms with Crippen LogP contribution in [0.4, 0.5) is 8.78 Å². The van der Waals surface area contributed by atoms with Crippen molar-refractivity contribution in [3.63, 3.8) is 0 Å². The zero-order valence-electron chi connectivity index (χ0n) is 11.7. The second kappa shape index (κ2) is 5.90. The summed E-state index contributed by atoms with van der Waals surface area (Å²) < 4.78 is 29.3. The minimum atomic E-state index is -0.849. The first-order chi connectivity index (χ1) is 9.39. The summed E-state index contributed by atoms with van der Waals surface area (Å²) in [7, 11) is 0. The molecule has 110 valence electrons. The molecule has 0 aliphatic heterocycles. The third-order valence-electron chi connectivity index (χ3n) is 3.29. The van der Waals surface area contributed by atoms with Crippen molar-refractivity contribution in [3.05, 3.63) is 29.6 Å². The van der Waals surface area contributed by atoms with Crippen molar-refractivity contribution in [2.75, 3.05) is 12.1 Å². The summed E-state index contributed by atoms with van der Waals surface area (Å²) in [5.41, 5.74) is 0.702. The van der Waals surface area contributed by atoms with Gasteiger partial charge in [-0.25, -0.2) is 13.8 Å². The summed E-state index contributed by atoms with van der Waals surface area (Å²) in [4.78, 5) is 4.39. The number of rotatable bonds is 5. The normalized spacial score (nSPS) is 12.3. The number of alkyl halides is 1. The Balaban J connectivity index is 2.63. The highest BCUT2D eigenvalue weighted by molar-refractivity contribution is 7.99. The smallest absolute Gasteiger partial charge is 0.184 e. The molecule has 0 aliphatic rings. The van der Waals surface area contributed by atoms with Crippen LogP contribution in [-0.2, 0) is 13.0 Å². The van der Waals surface area contributed by atoms with Crippen LogP contribution in [0.5, 0.6) is 0 Å². The van der Waals surface area contributed by atoms with Gasteiger partial charge < -0.3 is 4.57 Å². The molecule has 0 aliphatic carbocycles. The van der Waals surface area contributed by atoms with Crippen molar-refractivity contribution >= 4 is 34.4 Å². The zero-order chi connectivity index (χ0) is 14.9. The van der Waals surface area contributed by atoms with Crippen molar-refractivity contribution in [2.24, 2.45) is 0 Å². The summed E-state index contributed by atoms with van der Waals surface area (Å²) in [6.07, 6.45) is 2.53. The Morgan fingerprint density at radius 3 is 2.65 bits per heavy atom. The topological polar surface area (TPSA) is 17.8 Å². The molecule has 6 heteroatoms. The van der Waals surface area contributed by atoms with E-state index in [1.54, 1.807) is 16.3 Å². The molecule has 0 radical (unpaired) electrons. The predicted molar refractivity (Wildman–Crippen MR) is 81.7 cm³/mol. The van der Waals surface area contributed by atoms with Gasteiger partial charge in [0.05, 0.1) is 5.52 Å². The number of fused-ring (bicyclic) bond motifs is 1. The van der Waals surface area contributed by atoms with Gasteiger partial charge in [-0.2, -0.15) is 11.8 Å². The van der Waals surface area contributed by atoms with Crippen LogP contribution < -0.4 is 0 Å². The van der Waals surface area contributed by atoms with Crippen LogP contribution in [0.2, 0.25) is 0 Å². The maximum atomic E-state index is 14.1. The van der Waals surface area contributed by atoms with Gasteiger partial charge in [-0.1, -0.05) is 0 Å². The number of hydrogen-bond acceptors (Lipinski definition) is 2. The SMILES string of the molecule is CSC(C)(C)Cn1c(CCCl)nc2ccc(F)c(F)c21. The van der Waals surface area contributed by atoms with Gasteiger partial charge in [0.15, 0.2) is 11.6 Å². The molecule has 0 spiro atoms. The van der Waals surface area contributed by atoms with Crippen LogP contribution in [0.25, 0.3) is 11.0 Å². The summed E-state index contributed by atoms with van der Waals surface area (Å²) in [6.45, 7) is 4.67. The summed E-state index contributed by atoms with van der Waals surface area (Å²) in [5, 5.41) is 0. The lowest BCUT2D eigenvalue weighted by molar-refractivity contribution is 0.503. The molecule has 0 bridgehead atoms. The first-order valence-corrected chi connectivity index (χ1v) is 8.10. The van der Waals surface area contributed by atoms with Crippen molar-refractivity contribution < 1.29 is 8.78 Å². The van der Waals surface area contributed by atoms with Crippen molar-refractivity contribution in [1.82, 2.24) is 9.55 Å². The molecular weight excluding hydrogens is 302 g/mol. The Hall–Kier alpha value is -0.810. The molecule has 0 N–H and O–H groups in total. The molecule has 2 aromatic rings. The lowest BCUT2D eigenvalue weighted by Crippen LogP contribution is -2.24. The molecule has 0 atom stereocenters. The molecule has 0 unspecified atom stereocenters. The Bertz CT molecular complexity index is 625. The van der Waals surface area contributed by atoms with Crippen LogP contribution in [0, 0.1) is 11.6 Å². The van der Waals surface area contributed by atoms with E-state index in [4.69, 9.17) is 11.6 Å². The molecule has 2 rings (SSSR count). The second-order valence-electron chi connectivity index (χ2n) is 5.25. The summed E-state index contributed by atoms with van der Waals surface area (Å²) in [5.74, 6) is -0.597. The Morgan fingerprint density at radius 2 is 2.05 bits per heavy atom. The van der Waals surface area contributed by atoms with Crippen LogP contribution >= 0.6 is 23.4 Å². The summed E-state index contributed by atoms with van der Waals surface area (Å²) >= 11 is 7.46. The van der Waals surface area contributed by atoms with Crippen LogP contribution in [0.15, 0.2) is 12.1 Å². The van der Waals surface area contributed by atoms with Gasteiger partial charge in [0.2, 0.25) is 0 Å². The lowest BCUT2D eigenvalue weighted by Gasteiger charge is -2.24. The fourth-order valence-electron chi connectivity index (χ4n) is 2.10. The fourth-order valence-corrected chi connectivity index (χ4v) is 2.52. The van der Waals surface area contributed by atoms with E-state index in [2.05, 4.69) is 18.8 Å². The first kappa shape index (κ1) is 15.6. The van der Waals surface area contributed by atoms with Crippen molar-refractivity contribution in [1.29, 1.82) is 0 Å². The van der Waals surface area contributed by atoms with Crippen molar-refractivity contribution in [3.8, 4) is 0 Å². The molecule has 0 saturated heterocycles. The number of thioether (sulfide) groups is 1. The molecule has 0 fully saturated rings. The van der Waals surface area contributed by atoms with E-state index < -0.39 is 11.6 Å². The average Bonchev–Trinajstić information content (AvgIpc) is 2.73. The molecular formula is C14H17ClF2N2S. The molecule has 0 amide bonds. The highest BCUT2D eigenvalue weighted by atomic mass is 35.5. The van der Waals surface area contributed by atoms with Gasteiger partial charge in [-0.3, -0.25) is 0 Å². The van der Waals surface area contributed by atoms with Gasteiger partial charge in [0.1, 0.15) is 11.3 Å². The van der Waals surface area contributed by atoms with E-state index in [9.17, 15) is 8.78 Å². The van der Waals surface area contributed by atoms with Gasteiger partial charge >= 0.3 is 0 Å². The minimum absolute atomic E-state index is 0.104. The van der Waals surface area contributed by atoms with Crippen LogP contribution in [0.1, 0.15) is 19.7 Å². The molecule has 2 nitrogen and oxygen atoms in total. The Morgan fingerprint density at radius 1 is 1.35 bits per heavy atom. The second-order valence-corrected chi connectivity index (χ2v) is 7.14. The monoisotopic (exact) mass is 318 g/mol. The van der Waals surface area contributed by atoms with Crippen LogP contribution in [-0.4, -0.2) is 26.4 Å². The minimum Gasteiger partial charge on any atom is -0.324 e. The van der Waals surface area contributed by atoms with E-state index in [-0.39, 0.29) is 10.3 Å². The Labute approximate surface area is 126 Å². The van der Waals surface area contributed by atoms with E-state index in [1.165, 1.54) is 6.07 Å². The largest absolute Gasteiger partial charge is 0.324 e. The number of aryl methyl sites for hydroxylation is 1. The molecule has 1 aromatic heterocycles. The Kier molecular flexibility index (Phi) is 4.59. The van der Waals surface area contributed by atoms with Crippen molar-refractivity contribution in [2.45, 2.75) is 31.6 Å². The fraction of sp³-hybridized carbons (Fsp3) is 0.500. The molecule has 0 saturated carbocycles. The van der Waals surface area contributed by atoms with Gasteiger partial charge in [0, 0.05) is 23.6 Å². The summed E-state index contributed by atoms with van der Waals surface area (Å²) in [6, 6.07) is 2.62. The van der Waals surface area contributed by atoms with E-state index in [0.29, 0.717) is 30.2 Å². The highest BCUT2D eigenvalue weighted by Gasteiger charge is 2.23. The van der Waals surface area contributed by atoms with Gasteiger partial charge in [0.25, 0.3) is 0 Å². The zero-order valence-corrected chi connectivity index (χ0v) is 13.3. The maximum Gasteiger partial charge on any atom is 0.184 e.